The first kappa shape index (κ1) is 24.6. The van der Waals surface area contributed by atoms with Gasteiger partial charge in [-0.1, -0.05) is 42.5 Å². The van der Waals surface area contributed by atoms with E-state index < -0.39 is 16.8 Å². The summed E-state index contributed by atoms with van der Waals surface area (Å²) in [5.74, 6) is 0.563. The first-order chi connectivity index (χ1) is 15.8. The third kappa shape index (κ3) is 5.85. The Labute approximate surface area is 199 Å². The van der Waals surface area contributed by atoms with Crippen LogP contribution in [0.3, 0.4) is 0 Å². The summed E-state index contributed by atoms with van der Waals surface area (Å²) in [5.41, 5.74) is 3.41. The number of benzene rings is 2. The van der Waals surface area contributed by atoms with Crippen molar-refractivity contribution in [2.45, 2.75) is 44.2 Å². The normalized spacial score (nSPS) is 12.3. The van der Waals surface area contributed by atoms with E-state index in [4.69, 9.17) is 9.47 Å². The van der Waals surface area contributed by atoms with E-state index >= 15 is 0 Å². The number of thioether (sulfide) groups is 1. The molecule has 0 saturated heterocycles. The molecule has 0 bridgehead atoms. The highest BCUT2D eigenvalue weighted by Crippen LogP contribution is 2.34. The van der Waals surface area contributed by atoms with Gasteiger partial charge in [-0.05, 0) is 51.5 Å². The second-order valence-corrected chi connectivity index (χ2v) is 9.75. The molecule has 0 fully saturated rings. The molecule has 1 heterocycles. The van der Waals surface area contributed by atoms with Gasteiger partial charge in [0.2, 0.25) is 6.04 Å². The zero-order chi connectivity index (χ0) is 24.0. The van der Waals surface area contributed by atoms with Crippen molar-refractivity contribution in [1.82, 2.24) is 9.78 Å². The molecule has 174 valence electrons. The number of ketones is 1. The van der Waals surface area contributed by atoms with Gasteiger partial charge >= 0.3 is 5.97 Å². The summed E-state index contributed by atoms with van der Waals surface area (Å²) in [6.07, 6.45) is 0. The van der Waals surface area contributed by atoms with Crippen molar-refractivity contribution >= 4 is 23.5 Å². The van der Waals surface area contributed by atoms with Crippen LogP contribution in [-0.4, -0.2) is 40.0 Å². The van der Waals surface area contributed by atoms with Gasteiger partial charge in [-0.3, -0.25) is 4.79 Å². The van der Waals surface area contributed by atoms with Crippen LogP contribution >= 0.6 is 11.8 Å². The molecule has 6 nitrogen and oxygen atoms in total. The highest BCUT2D eigenvalue weighted by molar-refractivity contribution is 8.00. The van der Waals surface area contributed by atoms with E-state index in [9.17, 15) is 9.59 Å². The van der Waals surface area contributed by atoms with Gasteiger partial charge in [0, 0.05) is 17.0 Å². The summed E-state index contributed by atoms with van der Waals surface area (Å²) < 4.78 is 11.1. The monoisotopic (exact) mass is 466 g/mol. The molecule has 2 aromatic carbocycles. The average Bonchev–Trinajstić information content (AvgIpc) is 3.20. The summed E-state index contributed by atoms with van der Waals surface area (Å²) in [7, 11) is 1.63. The molecule has 3 aromatic rings. The maximum Gasteiger partial charge on any atom is 0.338 e. The Bertz CT molecular complexity index is 1090. The number of carbonyl (C=O) groups is 2. The summed E-state index contributed by atoms with van der Waals surface area (Å²) in [6, 6.07) is 18.1. The molecule has 0 N–H and O–H groups in total. The highest BCUT2D eigenvalue weighted by atomic mass is 32.2. The third-order valence-electron chi connectivity index (χ3n) is 5.35. The molecule has 0 aliphatic carbocycles. The van der Waals surface area contributed by atoms with Crippen molar-refractivity contribution in [2.75, 3.05) is 13.7 Å². The maximum absolute atomic E-state index is 13.7. The Morgan fingerprint density at radius 1 is 1.09 bits per heavy atom. The van der Waals surface area contributed by atoms with Crippen LogP contribution in [0.5, 0.6) is 5.75 Å². The average molecular weight is 467 g/mol. The maximum atomic E-state index is 13.7. The summed E-state index contributed by atoms with van der Waals surface area (Å²) >= 11 is 1.48. The molecule has 0 spiro atoms. The van der Waals surface area contributed by atoms with E-state index in [0.717, 1.165) is 22.6 Å². The summed E-state index contributed by atoms with van der Waals surface area (Å²) in [4.78, 5) is 26.6. The lowest BCUT2D eigenvalue weighted by Crippen LogP contribution is -2.41. The van der Waals surface area contributed by atoms with Crippen molar-refractivity contribution in [3.8, 4) is 17.0 Å². The molecule has 0 radical (unpaired) electrons. The SMILES string of the molecule is CCOC(=O)C(C(=O)C(C)(C)SCc1ccc(OC)cc1)n1nc(-c2ccccc2)cc1C. The Balaban J connectivity index is 1.87. The number of Topliss-reactive ketones (excluding diaryl/α,β-unsaturated/α-hetero) is 1. The Morgan fingerprint density at radius 2 is 1.76 bits per heavy atom. The molecule has 0 amide bonds. The number of nitrogens with zero attached hydrogens (tertiary/aromatic N) is 2. The van der Waals surface area contributed by atoms with Gasteiger partial charge in [-0.15, -0.1) is 11.8 Å². The summed E-state index contributed by atoms with van der Waals surface area (Å²) in [6.45, 7) is 7.44. The molecule has 1 atom stereocenters. The number of esters is 1. The molecule has 3 rings (SSSR count). The Kier molecular flexibility index (Phi) is 7.97. The van der Waals surface area contributed by atoms with Crippen molar-refractivity contribution in [3.63, 3.8) is 0 Å². The quantitative estimate of drug-likeness (QED) is 0.300. The number of ether oxygens (including phenoxy) is 2. The van der Waals surface area contributed by atoms with E-state index in [1.807, 2.05) is 81.4 Å². The van der Waals surface area contributed by atoms with E-state index in [1.54, 1.807) is 14.0 Å². The molecule has 0 aliphatic rings. The minimum Gasteiger partial charge on any atom is -0.497 e. The van der Waals surface area contributed by atoms with Crippen LogP contribution < -0.4 is 4.74 Å². The first-order valence-electron chi connectivity index (χ1n) is 10.9. The Morgan fingerprint density at radius 3 is 2.36 bits per heavy atom. The minimum absolute atomic E-state index is 0.188. The molecule has 0 saturated carbocycles. The lowest BCUT2D eigenvalue weighted by Gasteiger charge is -2.27. The van der Waals surface area contributed by atoms with Crippen LogP contribution in [0.2, 0.25) is 0 Å². The van der Waals surface area contributed by atoms with Gasteiger partial charge in [0.1, 0.15) is 5.75 Å². The van der Waals surface area contributed by atoms with Crippen molar-refractivity contribution in [2.24, 2.45) is 0 Å². The fourth-order valence-corrected chi connectivity index (χ4v) is 4.40. The fourth-order valence-electron chi connectivity index (χ4n) is 3.42. The lowest BCUT2D eigenvalue weighted by atomic mass is 10.0. The number of aryl methyl sites for hydroxylation is 1. The van der Waals surface area contributed by atoms with Crippen molar-refractivity contribution < 1.29 is 19.1 Å². The van der Waals surface area contributed by atoms with Crippen LogP contribution in [0.15, 0.2) is 60.7 Å². The van der Waals surface area contributed by atoms with E-state index in [-0.39, 0.29) is 12.4 Å². The van der Waals surface area contributed by atoms with Gasteiger partial charge < -0.3 is 9.47 Å². The van der Waals surface area contributed by atoms with Gasteiger partial charge in [0.05, 0.1) is 24.2 Å². The topological polar surface area (TPSA) is 70.4 Å². The van der Waals surface area contributed by atoms with Crippen LogP contribution in [0.4, 0.5) is 0 Å². The van der Waals surface area contributed by atoms with Crippen molar-refractivity contribution in [1.29, 1.82) is 0 Å². The number of aromatic nitrogens is 2. The van der Waals surface area contributed by atoms with Crippen LogP contribution in [0, 0.1) is 6.92 Å². The van der Waals surface area contributed by atoms with Gasteiger partial charge in [-0.2, -0.15) is 5.10 Å². The smallest absolute Gasteiger partial charge is 0.338 e. The van der Waals surface area contributed by atoms with Gasteiger partial charge in [0.25, 0.3) is 0 Å². The number of rotatable bonds is 10. The lowest BCUT2D eigenvalue weighted by molar-refractivity contribution is -0.151. The third-order valence-corrected chi connectivity index (χ3v) is 6.75. The largest absolute Gasteiger partial charge is 0.497 e. The van der Waals surface area contributed by atoms with Crippen LogP contribution in [0.1, 0.15) is 38.1 Å². The minimum atomic E-state index is -1.15. The van der Waals surface area contributed by atoms with E-state index in [0.29, 0.717) is 11.4 Å². The number of methoxy groups -OCH3 is 1. The van der Waals surface area contributed by atoms with Crippen LogP contribution in [-0.2, 0) is 20.1 Å². The van der Waals surface area contributed by atoms with Crippen molar-refractivity contribution in [3.05, 3.63) is 71.9 Å². The molecule has 1 unspecified atom stereocenters. The number of hydrogen-bond donors (Lipinski definition) is 0. The molecular formula is C26H30N2O4S. The van der Waals surface area contributed by atoms with Gasteiger partial charge in [-0.25, -0.2) is 9.48 Å². The first-order valence-corrected chi connectivity index (χ1v) is 11.8. The van der Waals surface area contributed by atoms with Gasteiger partial charge in [0.15, 0.2) is 5.78 Å². The molecule has 1 aromatic heterocycles. The second-order valence-electron chi connectivity index (χ2n) is 8.15. The number of hydrogen-bond acceptors (Lipinski definition) is 6. The molecule has 33 heavy (non-hydrogen) atoms. The zero-order valence-corrected chi connectivity index (χ0v) is 20.5. The molecule has 7 heteroatoms. The number of carbonyl (C=O) groups excluding carboxylic acids is 2. The second kappa shape index (κ2) is 10.7. The molecule has 0 aliphatic heterocycles. The van der Waals surface area contributed by atoms with Crippen LogP contribution in [0.25, 0.3) is 11.3 Å². The summed E-state index contributed by atoms with van der Waals surface area (Å²) in [5, 5.41) is 4.63. The predicted molar refractivity (Wildman–Crippen MR) is 131 cm³/mol. The fraction of sp³-hybridized carbons (Fsp3) is 0.346. The zero-order valence-electron chi connectivity index (χ0n) is 19.7. The standard InChI is InChI=1S/C26H30N2O4S/c1-6-32-25(30)23(28-18(2)16-22(27-28)20-10-8-7-9-11-20)24(29)26(3,4)33-17-19-12-14-21(31-5)15-13-19/h7-16,23H,6,17H2,1-5H3. The van der Waals surface area contributed by atoms with E-state index in [1.165, 1.54) is 16.4 Å². The molecular weight excluding hydrogens is 436 g/mol. The Hall–Kier alpha value is -3.06. The van der Waals surface area contributed by atoms with E-state index in [2.05, 4.69) is 5.10 Å². The highest BCUT2D eigenvalue weighted by Gasteiger charge is 2.41. The predicted octanol–water partition coefficient (Wildman–Crippen LogP) is 5.25.